The molecule has 1 fully saturated rings. The van der Waals surface area contributed by atoms with Crippen molar-refractivity contribution in [2.45, 2.75) is 24.6 Å². The summed E-state index contributed by atoms with van der Waals surface area (Å²) in [5.41, 5.74) is 0.582. The molecule has 2 rings (SSSR count). The van der Waals surface area contributed by atoms with Crippen LogP contribution in [0.3, 0.4) is 0 Å². The van der Waals surface area contributed by atoms with Crippen LogP contribution in [0.15, 0.2) is 28.7 Å². The smallest absolute Gasteiger partial charge is 0.326 e. The first-order chi connectivity index (χ1) is 10.3. The van der Waals surface area contributed by atoms with Gasteiger partial charge in [0.2, 0.25) is 5.91 Å². The molecule has 1 aromatic carbocycles. The number of carboxylic acids is 1. The van der Waals surface area contributed by atoms with E-state index in [1.165, 1.54) is 0 Å². The Balaban J connectivity index is 2.05. The topological polar surface area (TPSA) is 91.8 Å². The van der Waals surface area contributed by atoms with Gasteiger partial charge in [-0.2, -0.15) is 0 Å². The molecule has 0 saturated carbocycles. The molecule has 1 amide bonds. The number of aliphatic carboxylic acids is 1. The molecule has 120 valence electrons. The van der Waals surface area contributed by atoms with Crippen LogP contribution in [0.25, 0.3) is 0 Å². The van der Waals surface area contributed by atoms with Gasteiger partial charge in [-0.3, -0.25) is 4.79 Å². The number of hydrogen-bond acceptors (Lipinski definition) is 4. The zero-order valence-electron chi connectivity index (χ0n) is 11.7. The van der Waals surface area contributed by atoms with Crippen molar-refractivity contribution >= 4 is 37.6 Å². The Morgan fingerprint density at radius 3 is 2.73 bits per heavy atom. The summed E-state index contributed by atoms with van der Waals surface area (Å²) < 4.78 is 25.1. The highest BCUT2D eigenvalue weighted by Gasteiger charge is 2.35. The Morgan fingerprint density at radius 2 is 2.09 bits per heavy atom. The van der Waals surface area contributed by atoms with Crippen molar-refractivity contribution in [3.63, 3.8) is 0 Å². The summed E-state index contributed by atoms with van der Waals surface area (Å²) in [7, 11) is -3.64. The number of likely N-dealkylation sites (tertiary alicyclic amines) is 1. The maximum Gasteiger partial charge on any atom is 0.326 e. The number of rotatable bonds is 5. The molecule has 1 N–H and O–H groups in total. The van der Waals surface area contributed by atoms with Gasteiger partial charge in [0.1, 0.15) is 11.8 Å². The van der Waals surface area contributed by atoms with Gasteiger partial charge in [-0.05, 0) is 30.5 Å². The monoisotopic (exact) mass is 389 g/mol. The molecule has 0 bridgehead atoms. The van der Waals surface area contributed by atoms with Crippen LogP contribution in [0, 0.1) is 0 Å². The Kier molecular flexibility index (Phi) is 5.23. The van der Waals surface area contributed by atoms with Gasteiger partial charge in [0, 0.05) is 11.0 Å². The van der Waals surface area contributed by atoms with E-state index in [0.717, 1.165) is 9.37 Å². The van der Waals surface area contributed by atoms with E-state index in [2.05, 4.69) is 15.9 Å². The SMILES string of the molecule is O=C(O)[C@@H]1CCCN1C(=O)CS(=O)(=O)Cc1cccc(Br)c1. The fraction of sp³-hybridized carbons (Fsp3) is 0.429. The third-order valence-corrected chi connectivity index (χ3v) is 5.43. The highest BCUT2D eigenvalue weighted by molar-refractivity contribution is 9.10. The summed E-state index contributed by atoms with van der Waals surface area (Å²) in [6.07, 6.45) is 0.946. The van der Waals surface area contributed by atoms with E-state index in [-0.39, 0.29) is 5.75 Å². The maximum absolute atomic E-state index is 12.1. The van der Waals surface area contributed by atoms with Crippen molar-refractivity contribution in [3.05, 3.63) is 34.3 Å². The van der Waals surface area contributed by atoms with E-state index in [1.807, 2.05) is 0 Å². The standard InChI is InChI=1S/C14H16BrNO5S/c15-11-4-1-3-10(7-11)8-22(20,21)9-13(17)16-6-2-5-12(16)14(18)19/h1,3-4,7,12H,2,5-6,8-9H2,(H,18,19)/t12-/m0/s1. The first-order valence-corrected chi connectivity index (χ1v) is 9.37. The molecule has 0 aliphatic carbocycles. The van der Waals surface area contributed by atoms with Gasteiger partial charge in [0.15, 0.2) is 9.84 Å². The van der Waals surface area contributed by atoms with Crippen molar-refractivity contribution in [1.82, 2.24) is 4.90 Å². The van der Waals surface area contributed by atoms with Crippen LogP contribution < -0.4 is 0 Å². The van der Waals surface area contributed by atoms with Crippen molar-refractivity contribution in [1.29, 1.82) is 0 Å². The Morgan fingerprint density at radius 1 is 1.36 bits per heavy atom. The van der Waals surface area contributed by atoms with E-state index in [1.54, 1.807) is 24.3 Å². The van der Waals surface area contributed by atoms with Gasteiger partial charge < -0.3 is 10.0 Å². The van der Waals surface area contributed by atoms with Crippen LogP contribution in [-0.2, 0) is 25.2 Å². The summed E-state index contributed by atoms with van der Waals surface area (Å²) in [6.45, 7) is 0.294. The molecule has 1 aliphatic heterocycles. The number of carbonyl (C=O) groups excluding carboxylic acids is 1. The lowest BCUT2D eigenvalue weighted by Gasteiger charge is -2.21. The lowest BCUT2D eigenvalue weighted by atomic mass is 10.2. The molecule has 1 atom stereocenters. The van der Waals surface area contributed by atoms with E-state index in [4.69, 9.17) is 5.11 Å². The fourth-order valence-electron chi connectivity index (χ4n) is 2.52. The number of amides is 1. The largest absolute Gasteiger partial charge is 0.480 e. The van der Waals surface area contributed by atoms with Crippen LogP contribution in [0.1, 0.15) is 18.4 Å². The van der Waals surface area contributed by atoms with Crippen LogP contribution >= 0.6 is 15.9 Å². The van der Waals surface area contributed by atoms with E-state index in [9.17, 15) is 18.0 Å². The number of benzene rings is 1. The Bertz CT molecular complexity index is 688. The number of nitrogens with zero attached hydrogens (tertiary/aromatic N) is 1. The summed E-state index contributed by atoms with van der Waals surface area (Å²) in [6, 6.07) is 5.94. The third-order valence-electron chi connectivity index (χ3n) is 3.48. The van der Waals surface area contributed by atoms with E-state index in [0.29, 0.717) is 24.9 Å². The van der Waals surface area contributed by atoms with Crippen LogP contribution in [0.5, 0.6) is 0 Å². The van der Waals surface area contributed by atoms with Gasteiger partial charge in [-0.25, -0.2) is 13.2 Å². The summed E-state index contributed by atoms with van der Waals surface area (Å²) in [4.78, 5) is 24.3. The predicted octanol–water partition coefficient (Wildman–Crippen LogP) is 1.44. The Hall–Kier alpha value is -1.41. The normalized spacial score (nSPS) is 18.4. The van der Waals surface area contributed by atoms with E-state index >= 15 is 0 Å². The van der Waals surface area contributed by atoms with Gasteiger partial charge in [0.25, 0.3) is 0 Å². The Labute approximate surface area is 137 Å². The summed E-state index contributed by atoms with van der Waals surface area (Å²) in [5.74, 6) is -2.64. The molecule has 0 unspecified atom stereocenters. The third kappa shape index (κ3) is 4.30. The number of halogens is 1. The lowest BCUT2D eigenvalue weighted by Crippen LogP contribution is -2.43. The quantitative estimate of drug-likeness (QED) is 0.822. The number of hydrogen-bond donors (Lipinski definition) is 1. The highest BCUT2D eigenvalue weighted by Crippen LogP contribution is 2.19. The molecular weight excluding hydrogens is 374 g/mol. The molecular formula is C14H16BrNO5S. The molecule has 0 spiro atoms. The maximum atomic E-state index is 12.1. The molecule has 1 aromatic rings. The zero-order chi connectivity index (χ0) is 16.3. The lowest BCUT2D eigenvalue weighted by molar-refractivity contribution is -0.147. The summed E-state index contributed by atoms with van der Waals surface area (Å²) >= 11 is 3.26. The van der Waals surface area contributed by atoms with E-state index < -0.39 is 33.5 Å². The van der Waals surface area contributed by atoms with Crippen LogP contribution in [0.2, 0.25) is 0 Å². The van der Waals surface area contributed by atoms with Gasteiger partial charge in [-0.1, -0.05) is 28.1 Å². The average Bonchev–Trinajstić information content (AvgIpc) is 2.86. The molecule has 0 radical (unpaired) electrons. The fourth-order valence-corrected chi connectivity index (χ4v) is 4.30. The van der Waals surface area contributed by atoms with Gasteiger partial charge in [-0.15, -0.1) is 0 Å². The zero-order valence-corrected chi connectivity index (χ0v) is 14.1. The second-order valence-corrected chi connectivity index (χ2v) is 8.23. The number of carboxylic acid groups (broad SMARTS) is 1. The molecule has 0 aromatic heterocycles. The minimum Gasteiger partial charge on any atom is -0.480 e. The molecule has 22 heavy (non-hydrogen) atoms. The molecule has 1 saturated heterocycles. The molecule has 1 aliphatic rings. The second-order valence-electron chi connectivity index (χ2n) is 5.25. The molecule has 8 heteroatoms. The number of carbonyl (C=O) groups is 2. The van der Waals surface area contributed by atoms with Gasteiger partial charge >= 0.3 is 5.97 Å². The van der Waals surface area contributed by atoms with Crippen LogP contribution in [-0.4, -0.2) is 48.6 Å². The summed E-state index contributed by atoms with van der Waals surface area (Å²) in [5, 5.41) is 9.05. The second kappa shape index (κ2) is 6.78. The van der Waals surface area contributed by atoms with Gasteiger partial charge in [0.05, 0.1) is 5.75 Å². The van der Waals surface area contributed by atoms with Crippen LogP contribution in [0.4, 0.5) is 0 Å². The van der Waals surface area contributed by atoms with Crippen molar-refractivity contribution < 1.29 is 23.1 Å². The minimum atomic E-state index is -3.64. The van der Waals surface area contributed by atoms with Crippen molar-refractivity contribution in [3.8, 4) is 0 Å². The number of sulfone groups is 1. The predicted molar refractivity (Wildman–Crippen MR) is 84.0 cm³/mol. The first-order valence-electron chi connectivity index (χ1n) is 6.75. The first kappa shape index (κ1) is 17.0. The van der Waals surface area contributed by atoms with Crippen molar-refractivity contribution in [2.75, 3.05) is 12.3 Å². The minimum absolute atomic E-state index is 0.246. The average molecular weight is 390 g/mol. The van der Waals surface area contributed by atoms with Crippen molar-refractivity contribution in [2.24, 2.45) is 0 Å². The molecule has 1 heterocycles. The molecule has 6 nitrogen and oxygen atoms in total. The highest BCUT2D eigenvalue weighted by atomic mass is 79.9.